The Morgan fingerprint density at radius 1 is 0.704 bits per heavy atom. The van der Waals surface area contributed by atoms with E-state index in [0.29, 0.717) is 5.95 Å². The summed E-state index contributed by atoms with van der Waals surface area (Å²) in [6, 6.07) is 25.8. The van der Waals surface area contributed by atoms with Crippen LogP contribution < -0.4 is 5.43 Å². The second-order valence-electron chi connectivity index (χ2n) is 5.84. The van der Waals surface area contributed by atoms with Crippen molar-refractivity contribution in [2.24, 2.45) is 5.10 Å². The van der Waals surface area contributed by atoms with Crippen molar-refractivity contribution in [1.82, 2.24) is 15.0 Å². The average molecular weight is 351 g/mol. The summed E-state index contributed by atoms with van der Waals surface area (Å²) in [5.41, 5.74) is 7.61. The van der Waals surface area contributed by atoms with Crippen LogP contribution in [0.2, 0.25) is 0 Å². The number of hydrogen-bond donors (Lipinski definition) is 1. The lowest BCUT2D eigenvalue weighted by molar-refractivity contribution is 1.13. The van der Waals surface area contributed by atoms with Crippen molar-refractivity contribution in [3.63, 3.8) is 0 Å². The van der Waals surface area contributed by atoms with Crippen molar-refractivity contribution in [2.75, 3.05) is 5.43 Å². The summed E-state index contributed by atoms with van der Waals surface area (Å²) in [5.74, 6) is 0.445. The maximum Gasteiger partial charge on any atom is 0.244 e. The van der Waals surface area contributed by atoms with Crippen LogP contribution in [-0.4, -0.2) is 21.2 Å². The molecule has 0 unspecified atom stereocenters. The number of nitrogens with zero attached hydrogens (tertiary/aromatic N) is 4. The molecule has 0 amide bonds. The van der Waals surface area contributed by atoms with E-state index in [-0.39, 0.29) is 0 Å². The van der Waals surface area contributed by atoms with E-state index in [1.165, 1.54) is 0 Å². The number of hydrazone groups is 1. The van der Waals surface area contributed by atoms with Crippen LogP contribution in [0.15, 0.2) is 96.4 Å². The van der Waals surface area contributed by atoms with E-state index in [0.717, 1.165) is 28.1 Å². The molecule has 0 radical (unpaired) electrons. The lowest BCUT2D eigenvalue weighted by atomic mass is 10.1. The van der Waals surface area contributed by atoms with Crippen LogP contribution >= 0.6 is 0 Å². The summed E-state index contributed by atoms with van der Waals surface area (Å²) in [5, 5.41) is 4.25. The van der Waals surface area contributed by atoms with Gasteiger partial charge in [0.05, 0.1) is 17.6 Å². The quantitative estimate of drug-likeness (QED) is 0.420. The maximum atomic E-state index is 4.61. The fraction of sp³-hybridized carbons (Fsp3) is 0. The molecule has 0 aliphatic heterocycles. The molecule has 0 atom stereocenters. The third-order valence-corrected chi connectivity index (χ3v) is 3.95. The SMILES string of the molecule is C(=N/Nc1nc(-c2ccccc2)cc(-c2ccccc2)n1)/c1ccncc1. The largest absolute Gasteiger partial charge is 0.265 e. The van der Waals surface area contributed by atoms with Crippen molar-refractivity contribution in [3.8, 4) is 22.5 Å². The summed E-state index contributed by atoms with van der Waals surface area (Å²) in [6.07, 6.45) is 5.16. The highest BCUT2D eigenvalue weighted by Crippen LogP contribution is 2.24. The van der Waals surface area contributed by atoms with E-state index in [4.69, 9.17) is 0 Å². The van der Waals surface area contributed by atoms with E-state index < -0.39 is 0 Å². The Morgan fingerprint density at radius 2 is 1.26 bits per heavy atom. The highest BCUT2D eigenvalue weighted by Gasteiger charge is 2.08. The fourth-order valence-corrected chi connectivity index (χ4v) is 2.62. The van der Waals surface area contributed by atoms with Crippen molar-refractivity contribution in [3.05, 3.63) is 96.8 Å². The number of hydrogen-bond acceptors (Lipinski definition) is 5. The summed E-state index contributed by atoms with van der Waals surface area (Å²) in [6.45, 7) is 0. The lowest BCUT2D eigenvalue weighted by Gasteiger charge is -2.08. The van der Waals surface area contributed by atoms with Crippen LogP contribution in [-0.2, 0) is 0 Å². The van der Waals surface area contributed by atoms with Crippen molar-refractivity contribution < 1.29 is 0 Å². The highest BCUT2D eigenvalue weighted by atomic mass is 15.3. The van der Waals surface area contributed by atoms with Gasteiger partial charge in [-0.1, -0.05) is 60.7 Å². The van der Waals surface area contributed by atoms with Crippen LogP contribution in [0.5, 0.6) is 0 Å². The van der Waals surface area contributed by atoms with Crippen LogP contribution in [0.25, 0.3) is 22.5 Å². The lowest BCUT2D eigenvalue weighted by Crippen LogP contribution is -2.00. The zero-order valence-corrected chi connectivity index (χ0v) is 14.5. The summed E-state index contributed by atoms with van der Waals surface area (Å²) in [4.78, 5) is 13.2. The second-order valence-corrected chi connectivity index (χ2v) is 5.84. The van der Waals surface area contributed by atoms with Gasteiger partial charge in [0, 0.05) is 23.5 Å². The third kappa shape index (κ3) is 4.22. The molecule has 0 aliphatic carbocycles. The molecule has 5 nitrogen and oxygen atoms in total. The predicted octanol–water partition coefficient (Wildman–Crippen LogP) is 4.65. The van der Waals surface area contributed by atoms with Crippen LogP contribution in [0.4, 0.5) is 5.95 Å². The molecule has 2 aromatic heterocycles. The molecule has 1 N–H and O–H groups in total. The van der Waals surface area contributed by atoms with Gasteiger partial charge in [0.25, 0.3) is 0 Å². The van der Waals surface area contributed by atoms with E-state index in [2.05, 4.69) is 25.5 Å². The Hall–Kier alpha value is -3.86. The Labute approximate surface area is 157 Å². The molecule has 0 aliphatic rings. The van der Waals surface area contributed by atoms with Gasteiger partial charge in [0.2, 0.25) is 5.95 Å². The van der Waals surface area contributed by atoms with Crippen molar-refractivity contribution in [2.45, 2.75) is 0 Å². The molecule has 0 saturated heterocycles. The number of nitrogens with one attached hydrogen (secondary N) is 1. The van der Waals surface area contributed by atoms with Crippen LogP contribution in [0.3, 0.4) is 0 Å². The minimum absolute atomic E-state index is 0.445. The van der Waals surface area contributed by atoms with Crippen LogP contribution in [0, 0.1) is 0 Å². The van der Waals surface area contributed by atoms with Gasteiger partial charge in [-0.2, -0.15) is 5.10 Å². The number of anilines is 1. The molecule has 4 aromatic rings. The molecule has 5 heteroatoms. The van der Waals surface area contributed by atoms with Gasteiger partial charge >= 0.3 is 0 Å². The molecule has 0 fully saturated rings. The molecule has 4 rings (SSSR count). The zero-order valence-electron chi connectivity index (χ0n) is 14.5. The minimum Gasteiger partial charge on any atom is -0.265 e. The first kappa shape index (κ1) is 16.6. The summed E-state index contributed by atoms with van der Waals surface area (Å²) in [7, 11) is 0. The van der Waals surface area contributed by atoms with E-state index in [1.807, 2.05) is 78.9 Å². The van der Waals surface area contributed by atoms with Crippen molar-refractivity contribution >= 4 is 12.2 Å². The Morgan fingerprint density at radius 3 is 1.81 bits per heavy atom. The molecule has 2 aromatic carbocycles. The van der Waals surface area contributed by atoms with Gasteiger partial charge in [-0.05, 0) is 23.8 Å². The molecule has 0 saturated carbocycles. The second kappa shape index (κ2) is 8.01. The van der Waals surface area contributed by atoms with E-state index >= 15 is 0 Å². The normalized spacial score (nSPS) is 10.8. The predicted molar refractivity (Wildman–Crippen MR) is 108 cm³/mol. The maximum absolute atomic E-state index is 4.61. The van der Waals surface area contributed by atoms with E-state index in [1.54, 1.807) is 18.6 Å². The minimum atomic E-state index is 0.445. The molecule has 0 spiro atoms. The standard InChI is InChI=1S/C22H17N5/c1-3-7-18(8-4-1)20-15-21(19-9-5-2-6-10-19)26-22(25-20)27-24-16-17-11-13-23-14-12-17/h1-16H,(H,25,26,27)/b24-16-. The highest BCUT2D eigenvalue weighted by molar-refractivity contribution is 5.79. The first-order valence-electron chi connectivity index (χ1n) is 8.57. The third-order valence-electron chi connectivity index (χ3n) is 3.95. The molecule has 2 heterocycles. The van der Waals surface area contributed by atoms with Gasteiger partial charge in [-0.15, -0.1) is 0 Å². The van der Waals surface area contributed by atoms with Gasteiger partial charge < -0.3 is 0 Å². The Balaban J connectivity index is 1.69. The fourth-order valence-electron chi connectivity index (χ4n) is 2.62. The molecule has 27 heavy (non-hydrogen) atoms. The van der Waals surface area contributed by atoms with E-state index in [9.17, 15) is 0 Å². The van der Waals surface area contributed by atoms with Crippen LogP contribution in [0.1, 0.15) is 5.56 Å². The first-order chi connectivity index (χ1) is 13.4. The number of benzene rings is 2. The Bertz CT molecular complexity index is 974. The smallest absolute Gasteiger partial charge is 0.244 e. The van der Waals surface area contributed by atoms with Gasteiger partial charge in [0.1, 0.15) is 0 Å². The topological polar surface area (TPSA) is 63.1 Å². The Kier molecular flexibility index (Phi) is 4.93. The average Bonchev–Trinajstić information content (AvgIpc) is 2.76. The molecular formula is C22H17N5. The number of rotatable bonds is 5. The molecule has 0 bridgehead atoms. The van der Waals surface area contributed by atoms with Gasteiger partial charge in [0.15, 0.2) is 0 Å². The summed E-state index contributed by atoms with van der Waals surface area (Å²) >= 11 is 0. The van der Waals surface area contributed by atoms with Crippen molar-refractivity contribution in [1.29, 1.82) is 0 Å². The number of aromatic nitrogens is 3. The number of pyridine rings is 1. The molecule has 130 valence electrons. The van der Waals surface area contributed by atoms with Gasteiger partial charge in [-0.25, -0.2) is 15.4 Å². The summed E-state index contributed by atoms with van der Waals surface area (Å²) < 4.78 is 0. The van der Waals surface area contributed by atoms with Gasteiger partial charge in [-0.3, -0.25) is 4.98 Å². The zero-order chi connectivity index (χ0) is 18.3. The monoisotopic (exact) mass is 351 g/mol. The molecular weight excluding hydrogens is 334 g/mol. The first-order valence-corrected chi connectivity index (χ1v) is 8.57.